The Balaban J connectivity index is 2.32. The molecule has 0 spiro atoms. The Labute approximate surface area is 109 Å². The van der Waals surface area contributed by atoms with Crippen LogP contribution in [0.2, 0.25) is 0 Å². The smallest absolute Gasteiger partial charge is 0.330 e. The summed E-state index contributed by atoms with van der Waals surface area (Å²) in [5, 5.41) is 20.8. The topological polar surface area (TPSA) is 90.1 Å². The van der Waals surface area contributed by atoms with Crippen molar-refractivity contribution in [2.45, 2.75) is 19.4 Å². The molecule has 0 amide bonds. The van der Waals surface area contributed by atoms with Gasteiger partial charge in [0.05, 0.1) is 7.11 Å². The van der Waals surface area contributed by atoms with Crippen LogP contribution in [0.5, 0.6) is 5.75 Å². The molecular weight excluding hydrogens is 248 g/mol. The lowest BCUT2D eigenvalue weighted by atomic mass is 10.2. The number of ether oxygens (including phenoxy) is 1. The van der Waals surface area contributed by atoms with Crippen LogP contribution in [-0.4, -0.2) is 38.4 Å². The summed E-state index contributed by atoms with van der Waals surface area (Å²) in [5.41, 5.74) is 0.728. The first kappa shape index (κ1) is 13.0. The minimum absolute atomic E-state index is 0.374. The van der Waals surface area contributed by atoms with E-state index >= 15 is 0 Å². The minimum Gasteiger partial charge on any atom is -0.497 e. The summed E-state index contributed by atoms with van der Waals surface area (Å²) in [6, 6.07) is 6.39. The molecule has 1 heterocycles. The van der Waals surface area contributed by atoms with Gasteiger partial charge in [0.1, 0.15) is 5.75 Å². The second kappa shape index (κ2) is 5.47. The molecule has 2 rings (SSSR count). The van der Waals surface area contributed by atoms with Gasteiger partial charge < -0.3 is 9.84 Å². The molecule has 1 N–H and O–H groups in total. The Morgan fingerprint density at radius 1 is 1.53 bits per heavy atom. The van der Waals surface area contributed by atoms with E-state index in [-0.39, 0.29) is 0 Å². The van der Waals surface area contributed by atoms with Crippen LogP contribution >= 0.6 is 0 Å². The van der Waals surface area contributed by atoms with Crippen LogP contribution in [0.15, 0.2) is 24.3 Å². The van der Waals surface area contributed by atoms with Crippen LogP contribution in [0.25, 0.3) is 11.4 Å². The fourth-order valence-corrected chi connectivity index (χ4v) is 1.67. The molecule has 0 aliphatic carbocycles. The number of hydrogen-bond donors (Lipinski definition) is 1. The lowest BCUT2D eigenvalue weighted by molar-refractivity contribution is -0.141. The van der Waals surface area contributed by atoms with Gasteiger partial charge >= 0.3 is 5.97 Å². The van der Waals surface area contributed by atoms with E-state index in [0.29, 0.717) is 18.0 Å². The number of nitrogens with zero attached hydrogens (tertiary/aromatic N) is 4. The lowest BCUT2D eigenvalue weighted by Crippen LogP contribution is -2.20. The van der Waals surface area contributed by atoms with Crippen molar-refractivity contribution in [3.63, 3.8) is 0 Å². The molecule has 100 valence electrons. The number of aromatic nitrogens is 4. The monoisotopic (exact) mass is 262 g/mol. The van der Waals surface area contributed by atoms with Crippen molar-refractivity contribution in [3.8, 4) is 17.1 Å². The molecule has 0 saturated heterocycles. The van der Waals surface area contributed by atoms with Crippen molar-refractivity contribution in [2.24, 2.45) is 0 Å². The van der Waals surface area contributed by atoms with Gasteiger partial charge in [-0.3, -0.25) is 0 Å². The number of tetrazole rings is 1. The maximum Gasteiger partial charge on any atom is 0.330 e. The third-order valence-electron chi connectivity index (χ3n) is 2.71. The normalized spacial score (nSPS) is 12.1. The Morgan fingerprint density at radius 3 is 2.95 bits per heavy atom. The molecule has 1 aromatic heterocycles. The maximum absolute atomic E-state index is 11.0. The first-order valence-electron chi connectivity index (χ1n) is 5.82. The Hall–Kier alpha value is -2.44. The van der Waals surface area contributed by atoms with E-state index in [0.717, 1.165) is 10.4 Å². The third-order valence-corrected chi connectivity index (χ3v) is 2.71. The van der Waals surface area contributed by atoms with Gasteiger partial charge in [-0.05, 0) is 23.8 Å². The molecule has 0 radical (unpaired) electrons. The van der Waals surface area contributed by atoms with E-state index in [1.165, 1.54) is 0 Å². The molecule has 1 aromatic carbocycles. The summed E-state index contributed by atoms with van der Waals surface area (Å²) in [7, 11) is 1.57. The number of benzene rings is 1. The molecule has 2 aromatic rings. The molecule has 7 nitrogen and oxygen atoms in total. The van der Waals surface area contributed by atoms with Gasteiger partial charge in [0.2, 0.25) is 5.82 Å². The molecular formula is C12H14N4O3. The van der Waals surface area contributed by atoms with Gasteiger partial charge in [0.15, 0.2) is 6.04 Å². The fraction of sp³-hybridized carbons (Fsp3) is 0.333. The minimum atomic E-state index is -0.975. The van der Waals surface area contributed by atoms with Crippen molar-refractivity contribution in [1.82, 2.24) is 20.2 Å². The van der Waals surface area contributed by atoms with Crippen LogP contribution in [0, 0.1) is 0 Å². The summed E-state index contributed by atoms with van der Waals surface area (Å²) in [6.45, 7) is 1.76. The highest BCUT2D eigenvalue weighted by atomic mass is 16.5. The van der Waals surface area contributed by atoms with E-state index in [2.05, 4.69) is 15.4 Å². The number of methoxy groups -OCH3 is 1. The zero-order valence-corrected chi connectivity index (χ0v) is 10.6. The zero-order valence-electron chi connectivity index (χ0n) is 10.6. The molecule has 0 bridgehead atoms. The van der Waals surface area contributed by atoms with Crippen LogP contribution in [0.1, 0.15) is 19.4 Å². The summed E-state index contributed by atoms with van der Waals surface area (Å²) >= 11 is 0. The SMILES string of the molecule is CCC(C(=O)O)n1nnc(-c2cccc(OC)c2)n1. The molecule has 0 fully saturated rings. The molecule has 7 heteroatoms. The fourth-order valence-electron chi connectivity index (χ4n) is 1.67. The van der Waals surface area contributed by atoms with Gasteiger partial charge in [-0.15, -0.1) is 15.0 Å². The molecule has 0 saturated carbocycles. The van der Waals surface area contributed by atoms with Crippen molar-refractivity contribution in [2.75, 3.05) is 7.11 Å². The first-order chi connectivity index (χ1) is 9.15. The summed E-state index contributed by atoms with van der Waals surface area (Å²) in [5.74, 6) is 0.0785. The lowest BCUT2D eigenvalue weighted by Gasteiger charge is -2.06. The zero-order chi connectivity index (χ0) is 13.8. The van der Waals surface area contributed by atoms with Crippen LogP contribution < -0.4 is 4.74 Å². The highest BCUT2D eigenvalue weighted by Gasteiger charge is 2.20. The molecule has 1 unspecified atom stereocenters. The van der Waals surface area contributed by atoms with Crippen LogP contribution in [0.4, 0.5) is 0 Å². The molecule has 1 atom stereocenters. The Kier molecular flexibility index (Phi) is 3.74. The Bertz CT molecular complexity index is 582. The predicted molar refractivity (Wildman–Crippen MR) is 66.8 cm³/mol. The van der Waals surface area contributed by atoms with Gasteiger partial charge in [0.25, 0.3) is 0 Å². The number of carbonyl (C=O) groups is 1. The molecule has 0 aliphatic heterocycles. The second-order valence-electron chi connectivity index (χ2n) is 3.93. The van der Waals surface area contributed by atoms with Gasteiger partial charge in [-0.1, -0.05) is 19.1 Å². The second-order valence-corrected chi connectivity index (χ2v) is 3.93. The van der Waals surface area contributed by atoms with Gasteiger partial charge in [-0.25, -0.2) is 4.79 Å². The standard InChI is InChI=1S/C12H14N4O3/c1-3-10(12(17)18)16-14-11(13-15-16)8-5-4-6-9(7-8)19-2/h4-7,10H,3H2,1-2H3,(H,17,18). The number of carboxylic acid groups (broad SMARTS) is 1. The van der Waals surface area contributed by atoms with E-state index in [9.17, 15) is 4.79 Å². The number of hydrogen-bond acceptors (Lipinski definition) is 5. The average molecular weight is 262 g/mol. The van der Waals surface area contributed by atoms with Crippen molar-refractivity contribution >= 4 is 5.97 Å². The first-order valence-corrected chi connectivity index (χ1v) is 5.82. The van der Waals surface area contributed by atoms with Gasteiger partial charge in [-0.2, -0.15) is 0 Å². The van der Waals surface area contributed by atoms with E-state index in [1.54, 1.807) is 26.2 Å². The van der Waals surface area contributed by atoms with E-state index < -0.39 is 12.0 Å². The van der Waals surface area contributed by atoms with Gasteiger partial charge in [0, 0.05) is 5.56 Å². The van der Waals surface area contributed by atoms with Crippen molar-refractivity contribution < 1.29 is 14.6 Å². The summed E-state index contributed by atoms with van der Waals surface area (Å²) in [6.07, 6.45) is 0.392. The molecule has 0 aliphatic rings. The summed E-state index contributed by atoms with van der Waals surface area (Å²) < 4.78 is 5.11. The van der Waals surface area contributed by atoms with Crippen LogP contribution in [-0.2, 0) is 4.79 Å². The average Bonchev–Trinajstić information content (AvgIpc) is 2.89. The third kappa shape index (κ3) is 2.70. The Morgan fingerprint density at radius 2 is 2.32 bits per heavy atom. The highest BCUT2D eigenvalue weighted by molar-refractivity contribution is 5.71. The van der Waals surface area contributed by atoms with Crippen molar-refractivity contribution in [3.05, 3.63) is 24.3 Å². The van der Waals surface area contributed by atoms with E-state index in [1.807, 2.05) is 12.1 Å². The quantitative estimate of drug-likeness (QED) is 0.875. The highest BCUT2D eigenvalue weighted by Crippen LogP contribution is 2.20. The number of carboxylic acids is 1. The van der Waals surface area contributed by atoms with Crippen molar-refractivity contribution in [1.29, 1.82) is 0 Å². The predicted octanol–water partition coefficient (Wildman–Crippen LogP) is 1.38. The maximum atomic E-state index is 11.0. The molecule has 19 heavy (non-hydrogen) atoms. The van der Waals surface area contributed by atoms with Crippen LogP contribution in [0.3, 0.4) is 0 Å². The summed E-state index contributed by atoms with van der Waals surface area (Å²) in [4.78, 5) is 12.2. The number of rotatable bonds is 5. The number of aliphatic carboxylic acids is 1. The largest absolute Gasteiger partial charge is 0.497 e. The van der Waals surface area contributed by atoms with E-state index in [4.69, 9.17) is 9.84 Å².